The monoisotopic (exact) mass is 1180 g/mol. The lowest BCUT2D eigenvalue weighted by atomic mass is 9.97. The van der Waals surface area contributed by atoms with Crippen LogP contribution >= 0.6 is 0 Å². The van der Waals surface area contributed by atoms with Crippen molar-refractivity contribution in [3.8, 4) is 0 Å². The largest absolute Gasteiger partial charge is 0.394 e. The van der Waals surface area contributed by atoms with Crippen LogP contribution in [-0.4, -0.2) is 140 Å². The molecule has 12 unspecified atom stereocenters. The number of amides is 1. The van der Waals surface area contributed by atoms with Gasteiger partial charge < -0.3 is 65.1 Å². The lowest BCUT2D eigenvalue weighted by Crippen LogP contribution is -2.65. The standard InChI is InChI=1S/C69H127NO13/c1-3-5-7-9-11-13-15-17-19-21-23-25-27-29-31-33-35-37-39-41-43-45-47-49-51-53-61(74)70-57(56-80-68-66(79)64(77)67(60(55-72)82-68)83-69-65(78)63(76)62(75)59(54-71)81-69)58(73)52-50-48-46-44-42-40-38-36-34-32-30-28-26-24-22-20-18-16-14-12-10-8-6-4-2/h21,23,34,36,42,44,50,52,57-60,62-69,71-73,75-79H,3-20,22,24-33,35,37-41,43,45-49,51,53-56H2,1-2H3,(H,70,74)/b23-21-,36-34+,44-42+,52-50+. The number of aliphatic hydroxyl groups excluding tert-OH is 8. The minimum absolute atomic E-state index is 0.250. The number of hydrogen-bond donors (Lipinski definition) is 9. The molecule has 2 fully saturated rings. The Kier molecular flexibility index (Phi) is 50.2. The maximum absolute atomic E-state index is 13.3. The average Bonchev–Trinajstić information content (AvgIpc) is 3.65. The third-order valence-electron chi connectivity index (χ3n) is 16.7. The van der Waals surface area contributed by atoms with Gasteiger partial charge >= 0.3 is 0 Å². The van der Waals surface area contributed by atoms with Gasteiger partial charge in [0.05, 0.1) is 32.0 Å². The molecule has 0 aromatic rings. The number of aliphatic hydroxyl groups is 8. The van der Waals surface area contributed by atoms with Crippen LogP contribution in [0.1, 0.15) is 290 Å². The highest BCUT2D eigenvalue weighted by Gasteiger charge is 2.51. The number of allylic oxidation sites excluding steroid dienone is 7. The van der Waals surface area contributed by atoms with Crippen LogP contribution < -0.4 is 5.32 Å². The second-order valence-corrected chi connectivity index (χ2v) is 24.3. The Morgan fingerprint density at radius 3 is 1.18 bits per heavy atom. The van der Waals surface area contributed by atoms with Gasteiger partial charge in [-0.1, -0.05) is 262 Å². The van der Waals surface area contributed by atoms with Gasteiger partial charge in [-0.05, 0) is 70.6 Å². The molecule has 2 aliphatic rings. The highest BCUT2D eigenvalue weighted by Crippen LogP contribution is 2.30. The SMILES string of the molecule is CCCCCCCCCC/C=C\CCCCCCCCCCCCCCCC(=O)NC(COC1OC(CO)C(OC2OC(CO)C(O)C(O)C2O)C(O)C1O)C(O)/C=C/CC/C=C/CC/C=C/CCCCCCCCCCCCCCCC. The summed E-state index contributed by atoms with van der Waals surface area (Å²) >= 11 is 0. The number of carbonyl (C=O) groups is 1. The number of ether oxygens (including phenoxy) is 4. The van der Waals surface area contributed by atoms with Crippen LogP contribution in [0.5, 0.6) is 0 Å². The molecule has 0 saturated carbocycles. The first-order chi connectivity index (χ1) is 40.6. The molecule has 14 nitrogen and oxygen atoms in total. The van der Waals surface area contributed by atoms with Crippen LogP contribution in [0.4, 0.5) is 0 Å². The van der Waals surface area contributed by atoms with Crippen molar-refractivity contribution < 1.29 is 64.6 Å². The van der Waals surface area contributed by atoms with E-state index in [1.165, 1.54) is 212 Å². The number of unbranched alkanes of at least 4 members (excludes halogenated alkanes) is 37. The molecule has 1 amide bonds. The smallest absolute Gasteiger partial charge is 0.220 e. The topological polar surface area (TPSA) is 228 Å². The average molecular weight is 1180 g/mol. The van der Waals surface area contributed by atoms with Crippen molar-refractivity contribution in [2.75, 3.05) is 19.8 Å². The maximum atomic E-state index is 13.3. The summed E-state index contributed by atoms with van der Waals surface area (Å²) in [5, 5.41) is 87.3. The van der Waals surface area contributed by atoms with Gasteiger partial charge in [-0.3, -0.25) is 4.79 Å². The Balaban J connectivity index is 1.72. The van der Waals surface area contributed by atoms with E-state index in [0.717, 1.165) is 44.9 Å². The van der Waals surface area contributed by atoms with Crippen molar-refractivity contribution in [1.29, 1.82) is 0 Å². The highest BCUT2D eigenvalue weighted by molar-refractivity contribution is 5.76. The molecule has 2 saturated heterocycles. The molecular weight excluding hydrogens is 1050 g/mol. The molecule has 12 atom stereocenters. The van der Waals surface area contributed by atoms with Crippen LogP contribution in [0.3, 0.4) is 0 Å². The summed E-state index contributed by atoms with van der Waals surface area (Å²) in [4.78, 5) is 13.3. The molecular formula is C69H127NO13. The normalized spacial score (nSPS) is 24.1. The molecule has 0 radical (unpaired) electrons. The van der Waals surface area contributed by atoms with Gasteiger partial charge in [-0.25, -0.2) is 0 Å². The Bertz CT molecular complexity index is 1580. The van der Waals surface area contributed by atoms with E-state index < -0.39 is 86.8 Å². The summed E-state index contributed by atoms with van der Waals surface area (Å²) in [5.74, 6) is -0.250. The van der Waals surface area contributed by atoms with Gasteiger partial charge in [0, 0.05) is 6.42 Å². The van der Waals surface area contributed by atoms with Gasteiger partial charge in [0.1, 0.15) is 48.8 Å². The van der Waals surface area contributed by atoms with E-state index in [2.05, 4.69) is 55.6 Å². The minimum Gasteiger partial charge on any atom is -0.394 e. The van der Waals surface area contributed by atoms with Crippen molar-refractivity contribution in [3.63, 3.8) is 0 Å². The van der Waals surface area contributed by atoms with E-state index >= 15 is 0 Å². The quantitative estimate of drug-likeness (QED) is 0.0204. The number of hydrogen-bond acceptors (Lipinski definition) is 13. The Hall–Kier alpha value is -2.05. The molecule has 0 bridgehead atoms. The molecule has 0 aromatic heterocycles. The molecule has 486 valence electrons. The summed E-state index contributed by atoms with van der Waals surface area (Å²) in [6.07, 6.45) is 53.1. The van der Waals surface area contributed by atoms with E-state index in [0.29, 0.717) is 12.8 Å². The molecule has 83 heavy (non-hydrogen) atoms. The van der Waals surface area contributed by atoms with Crippen molar-refractivity contribution >= 4 is 5.91 Å². The molecule has 2 heterocycles. The van der Waals surface area contributed by atoms with E-state index in [-0.39, 0.29) is 18.9 Å². The van der Waals surface area contributed by atoms with Crippen molar-refractivity contribution in [2.24, 2.45) is 0 Å². The molecule has 2 aliphatic heterocycles. The van der Waals surface area contributed by atoms with Crippen molar-refractivity contribution in [3.05, 3.63) is 48.6 Å². The second-order valence-electron chi connectivity index (χ2n) is 24.3. The molecule has 0 spiro atoms. The molecule has 0 aliphatic carbocycles. The minimum atomic E-state index is -1.79. The molecule has 9 N–H and O–H groups in total. The van der Waals surface area contributed by atoms with Gasteiger partial charge in [0.2, 0.25) is 5.91 Å². The summed E-state index contributed by atoms with van der Waals surface area (Å²) in [6, 6.07) is -0.939. The van der Waals surface area contributed by atoms with Gasteiger partial charge in [-0.2, -0.15) is 0 Å². The third-order valence-corrected chi connectivity index (χ3v) is 16.7. The maximum Gasteiger partial charge on any atom is 0.220 e. The van der Waals surface area contributed by atoms with E-state index in [4.69, 9.17) is 18.9 Å². The Morgan fingerprint density at radius 1 is 0.422 bits per heavy atom. The van der Waals surface area contributed by atoms with E-state index in [1.807, 2.05) is 6.08 Å². The lowest BCUT2D eigenvalue weighted by Gasteiger charge is -2.46. The molecule has 2 rings (SSSR count). The molecule has 0 aromatic carbocycles. The van der Waals surface area contributed by atoms with Gasteiger partial charge in [-0.15, -0.1) is 0 Å². The van der Waals surface area contributed by atoms with Crippen molar-refractivity contribution in [1.82, 2.24) is 5.32 Å². The first kappa shape index (κ1) is 77.0. The number of rotatable bonds is 56. The Morgan fingerprint density at radius 2 is 0.771 bits per heavy atom. The van der Waals surface area contributed by atoms with Crippen LogP contribution in [0.25, 0.3) is 0 Å². The summed E-state index contributed by atoms with van der Waals surface area (Å²) in [5.41, 5.74) is 0. The summed E-state index contributed by atoms with van der Waals surface area (Å²) in [7, 11) is 0. The second kappa shape index (κ2) is 54.1. The lowest BCUT2D eigenvalue weighted by molar-refractivity contribution is -0.359. The fourth-order valence-corrected chi connectivity index (χ4v) is 11.2. The zero-order valence-corrected chi connectivity index (χ0v) is 52.7. The van der Waals surface area contributed by atoms with Gasteiger partial charge in [0.25, 0.3) is 0 Å². The van der Waals surface area contributed by atoms with E-state index in [1.54, 1.807) is 6.08 Å². The van der Waals surface area contributed by atoms with Crippen LogP contribution in [0.2, 0.25) is 0 Å². The Labute approximate surface area is 505 Å². The third kappa shape index (κ3) is 38.8. The predicted octanol–water partition coefficient (Wildman–Crippen LogP) is 13.5. The zero-order chi connectivity index (χ0) is 60.2. The fraction of sp³-hybridized carbons (Fsp3) is 0.870. The van der Waals surface area contributed by atoms with Crippen molar-refractivity contribution in [2.45, 2.75) is 364 Å². The first-order valence-electron chi connectivity index (χ1n) is 34.4. The fourth-order valence-electron chi connectivity index (χ4n) is 11.2. The number of nitrogens with one attached hydrogen (secondary N) is 1. The number of carbonyl (C=O) groups excluding carboxylic acids is 1. The zero-order valence-electron chi connectivity index (χ0n) is 52.7. The highest BCUT2D eigenvalue weighted by atomic mass is 16.7. The predicted molar refractivity (Wildman–Crippen MR) is 337 cm³/mol. The van der Waals surface area contributed by atoms with Gasteiger partial charge in [0.15, 0.2) is 12.6 Å². The van der Waals surface area contributed by atoms with Crippen LogP contribution in [0, 0.1) is 0 Å². The summed E-state index contributed by atoms with van der Waals surface area (Å²) < 4.78 is 22.8. The first-order valence-corrected chi connectivity index (χ1v) is 34.4. The summed E-state index contributed by atoms with van der Waals surface area (Å²) in [6.45, 7) is 2.81. The van der Waals surface area contributed by atoms with Crippen LogP contribution in [-0.2, 0) is 23.7 Å². The van der Waals surface area contributed by atoms with Crippen LogP contribution in [0.15, 0.2) is 48.6 Å². The van der Waals surface area contributed by atoms with E-state index in [9.17, 15) is 45.6 Å². The molecule has 14 heteroatoms.